The lowest BCUT2D eigenvalue weighted by Gasteiger charge is -2.26. The van der Waals surface area contributed by atoms with Crippen molar-refractivity contribution in [3.63, 3.8) is 0 Å². The van der Waals surface area contributed by atoms with Gasteiger partial charge in [-0.2, -0.15) is 0 Å². The molecule has 1 N–H and O–H groups in total. The average molecular weight is 431 g/mol. The normalized spacial score (nSPS) is 15.1. The van der Waals surface area contributed by atoms with E-state index in [9.17, 15) is 13.2 Å². The number of anilines is 1. The van der Waals surface area contributed by atoms with Crippen molar-refractivity contribution in [2.24, 2.45) is 0 Å². The van der Waals surface area contributed by atoms with E-state index in [0.717, 1.165) is 44.8 Å². The van der Waals surface area contributed by atoms with Gasteiger partial charge in [-0.3, -0.25) is 9.69 Å². The molecular formula is C23H30N2O4S. The number of hydrogen-bond donors (Lipinski definition) is 1. The van der Waals surface area contributed by atoms with Crippen LogP contribution < -0.4 is 5.32 Å². The molecule has 0 radical (unpaired) electrons. The van der Waals surface area contributed by atoms with Crippen LogP contribution in [0.4, 0.5) is 5.69 Å². The Bertz CT molecular complexity index is 893. The standard InChI is InChI=1S/C23H30N2O4S/c26-23(19-30(27,28)18-4-7-20-5-2-1-3-6-20)24-22-10-8-21(9-11-22)12-13-25-14-16-29-17-15-25/h1-3,5-6,8-11H,4,7,12-19H2,(H,24,26). The van der Waals surface area contributed by atoms with Crippen molar-refractivity contribution < 1.29 is 17.9 Å². The Balaban J connectivity index is 1.39. The molecule has 7 heteroatoms. The van der Waals surface area contributed by atoms with Crippen LogP contribution in [0, 0.1) is 0 Å². The second kappa shape index (κ2) is 11.2. The molecule has 0 aromatic heterocycles. The number of carbonyl (C=O) groups is 1. The Kier molecular flexibility index (Phi) is 8.42. The maximum absolute atomic E-state index is 12.2. The van der Waals surface area contributed by atoms with E-state index in [1.54, 1.807) is 0 Å². The Morgan fingerprint density at radius 1 is 0.933 bits per heavy atom. The molecule has 1 aliphatic heterocycles. The first-order chi connectivity index (χ1) is 14.5. The molecule has 1 saturated heterocycles. The van der Waals surface area contributed by atoms with Gasteiger partial charge in [0.05, 0.1) is 19.0 Å². The number of benzene rings is 2. The van der Waals surface area contributed by atoms with Crippen molar-refractivity contribution in [3.8, 4) is 0 Å². The van der Waals surface area contributed by atoms with Crippen LogP contribution in [0.2, 0.25) is 0 Å². The summed E-state index contributed by atoms with van der Waals surface area (Å²) in [6.45, 7) is 4.50. The summed E-state index contributed by atoms with van der Waals surface area (Å²) in [6, 6.07) is 17.4. The first kappa shape index (κ1) is 22.5. The fourth-order valence-corrected chi connectivity index (χ4v) is 4.68. The Morgan fingerprint density at radius 3 is 2.30 bits per heavy atom. The largest absolute Gasteiger partial charge is 0.379 e. The van der Waals surface area contributed by atoms with E-state index < -0.39 is 21.5 Å². The van der Waals surface area contributed by atoms with Gasteiger partial charge < -0.3 is 10.1 Å². The van der Waals surface area contributed by atoms with Crippen LogP contribution in [0.15, 0.2) is 54.6 Å². The topological polar surface area (TPSA) is 75.7 Å². The lowest BCUT2D eigenvalue weighted by molar-refractivity contribution is -0.113. The van der Waals surface area contributed by atoms with Crippen molar-refractivity contribution in [2.45, 2.75) is 19.3 Å². The second-order valence-corrected chi connectivity index (χ2v) is 9.81. The van der Waals surface area contributed by atoms with Crippen molar-refractivity contribution in [1.29, 1.82) is 0 Å². The summed E-state index contributed by atoms with van der Waals surface area (Å²) in [7, 11) is -3.43. The predicted octanol–water partition coefficient (Wildman–Crippen LogP) is 2.55. The van der Waals surface area contributed by atoms with E-state index in [-0.39, 0.29) is 5.75 Å². The van der Waals surface area contributed by atoms with Crippen LogP contribution in [0.25, 0.3) is 0 Å². The van der Waals surface area contributed by atoms with E-state index in [1.807, 2.05) is 54.6 Å². The minimum atomic E-state index is -3.43. The Labute approximate surface area is 179 Å². The van der Waals surface area contributed by atoms with Crippen molar-refractivity contribution in [3.05, 3.63) is 65.7 Å². The minimum absolute atomic E-state index is 0.00971. The van der Waals surface area contributed by atoms with E-state index >= 15 is 0 Å². The third-order valence-corrected chi connectivity index (χ3v) is 6.79. The smallest absolute Gasteiger partial charge is 0.239 e. The number of nitrogens with one attached hydrogen (secondary N) is 1. The van der Waals surface area contributed by atoms with Gasteiger partial charge in [0.2, 0.25) is 5.91 Å². The number of hydrogen-bond acceptors (Lipinski definition) is 5. The highest BCUT2D eigenvalue weighted by molar-refractivity contribution is 7.92. The van der Waals surface area contributed by atoms with Gasteiger partial charge >= 0.3 is 0 Å². The summed E-state index contributed by atoms with van der Waals surface area (Å²) in [5.41, 5.74) is 2.91. The lowest BCUT2D eigenvalue weighted by atomic mass is 10.1. The van der Waals surface area contributed by atoms with Gasteiger partial charge in [0.15, 0.2) is 9.84 Å². The van der Waals surface area contributed by atoms with Gasteiger partial charge in [0, 0.05) is 25.3 Å². The van der Waals surface area contributed by atoms with E-state index in [4.69, 9.17) is 4.74 Å². The molecule has 0 bridgehead atoms. The van der Waals surface area contributed by atoms with E-state index in [0.29, 0.717) is 18.5 Å². The maximum Gasteiger partial charge on any atom is 0.239 e. The summed E-state index contributed by atoms with van der Waals surface area (Å²) >= 11 is 0. The summed E-state index contributed by atoms with van der Waals surface area (Å²) in [5, 5.41) is 2.69. The summed E-state index contributed by atoms with van der Waals surface area (Å²) in [5.74, 6) is -0.966. The molecule has 2 aromatic rings. The van der Waals surface area contributed by atoms with E-state index in [1.165, 1.54) is 5.56 Å². The minimum Gasteiger partial charge on any atom is -0.379 e. The molecule has 1 heterocycles. The zero-order chi connectivity index (χ0) is 21.2. The van der Waals surface area contributed by atoms with Crippen LogP contribution in [0.1, 0.15) is 17.5 Å². The zero-order valence-electron chi connectivity index (χ0n) is 17.3. The highest BCUT2D eigenvalue weighted by atomic mass is 32.2. The van der Waals surface area contributed by atoms with E-state index in [2.05, 4.69) is 10.2 Å². The quantitative estimate of drug-likeness (QED) is 0.627. The fraction of sp³-hybridized carbons (Fsp3) is 0.435. The molecule has 1 amide bonds. The third kappa shape index (κ3) is 7.89. The fourth-order valence-electron chi connectivity index (χ4n) is 3.48. The molecule has 30 heavy (non-hydrogen) atoms. The summed E-state index contributed by atoms with van der Waals surface area (Å²) < 4.78 is 29.8. The number of nitrogens with zero attached hydrogens (tertiary/aromatic N) is 1. The monoisotopic (exact) mass is 430 g/mol. The third-order valence-electron chi connectivity index (χ3n) is 5.17. The molecule has 1 fully saturated rings. The van der Waals surface area contributed by atoms with Gasteiger partial charge in [-0.1, -0.05) is 42.5 Å². The summed E-state index contributed by atoms with van der Waals surface area (Å²) in [4.78, 5) is 14.5. The number of morpholine rings is 1. The maximum atomic E-state index is 12.2. The predicted molar refractivity (Wildman–Crippen MR) is 119 cm³/mol. The highest BCUT2D eigenvalue weighted by Gasteiger charge is 2.17. The first-order valence-electron chi connectivity index (χ1n) is 10.4. The molecule has 0 aliphatic carbocycles. The molecular weight excluding hydrogens is 400 g/mol. The molecule has 0 spiro atoms. The SMILES string of the molecule is O=C(CS(=O)(=O)CCCc1ccccc1)Nc1ccc(CCN2CCOCC2)cc1. The number of rotatable bonds is 10. The van der Waals surface area contributed by atoms with Crippen molar-refractivity contribution in [1.82, 2.24) is 4.90 Å². The Hall–Kier alpha value is -2.22. The van der Waals surface area contributed by atoms with Crippen LogP contribution in [-0.2, 0) is 32.2 Å². The second-order valence-electron chi connectivity index (χ2n) is 7.63. The average Bonchev–Trinajstić information content (AvgIpc) is 2.74. The van der Waals surface area contributed by atoms with Gasteiger partial charge in [-0.25, -0.2) is 8.42 Å². The molecule has 0 atom stereocenters. The van der Waals surface area contributed by atoms with Crippen molar-refractivity contribution >= 4 is 21.4 Å². The zero-order valence-corrected chi connectivity index (χ0v) is 18.1. The number of amides is 1. The summed E-state index contributed by atoms with van der Waals surface area (Å²) in [6.07, 6.45) is 2.13. The molecule has 1 aliphatic rings. The molecule has 0 unspecified atom stereocenters. The van der Waals surface area contributed by atoms with Crippen LogP contribution in [0.5, 0.6) is 0 Å². The number of sulfone groups is 1. The van der Waals surface area contributed by atoms with Crippen LogP contribution in [0.3, 0.4) is 0 Å². The lowest BCUT2D eigenvalue weighted by Crippen LogP contribution is -2.37. The first-order valence-corrected chi connectivity index (χ1v) is 12.3. The number of ether oxygens (including phenoxy) is 1. The molecule has 6 nitrogen and oxygen atoms in total. The number of carbonyl (C=O) groups excluding carboxylic acids is 1. The van der Waals surface area contributed by atoms with Gasteiger partial charge in [0.25, 0.3) is 0 Å². The number of aryl methyl sites for hydroxylation is 1. The van der Waals surface area contributed by atoms with Gasteiger partial charge in [0.1, 0.15) is 5.75 Å². The Morgan fingerprint density at radius 2 is 1.60 bits per heavy atom. The molecule has 2 aromatic carbocycles. The van der Waals surface area contributed by atoms with Gasteiger partial charge in [-0.15, -0.1) is 0 Å². The van der Waals surface area contributed by atoms with Gasteiger partial charge in [-0.05, 0) is 42.5 Å². The molecule has 0 saturated carbocycles. The van der Waals surface area contributed by atoms with Crippen LogP contribution >= 0.6 is 0 Å². The molecule has 162 valence electrons. The van der Waals surface area contributed by atoms with Crippen molar-refractivity contribution in [2.75, 3.05) is 49.7 Å². The highest BCUT2D eigenvalue weighted by Crippen LogP contribution is 2.12. The molecule has 3 rings (SSSR count). The van der Waals surface area contributed by atoms with Crippen LogP contribution in [-0.4, -0.2) is 63.6 Å².